The van der Waals surface area contributed by atoms with Crippen molar-refractivity contribution in [3.63, 3.8) is 0 Å². The summed E-state index contributed by atoms with van der Waals surface area (Å²) in [5, 5.41) is 0. The third kappa shape index (κ3) is 3.98. The molecule has 0 fully saturated rings. The van der Waals surface area contributed by atoms with Gasteiger partial charge in [0.2, 0.25) is 0 Å². The van der Waals surface area contributed by atoms with Gasteiger partial charge in [-0.15, -0.1) is 0 Å². The maximum atomic E-state index is 14.0. The van der Waals surface area contributed by atoms with Crippen LogP contribution in [0.15, 0.2) is 47.4 Å². The van der Waals surface area contributed by atoms with Crippen molar-refractivity contribution in [3.05, 3.63) is 65.0 Å². The minimum absolute atomic E-state index is 0.0361. The maximum Gasteiger partial charge on any atom is 0.435 e. The van der Waals surface area contributed by atoms with Gasteiger partial charge >= 0.3 is 18.0 Å². The van der Waals surface area contributed by atoms with Gasteiger partial charge in [-0.05, 0) is 36.2 Å². The van der Waals surface area contributed by atoms with E-state index < -0.39 is 45.0 Å². The highest BCUT2D eigenvalue weighted by Gasteiger charge is 2.73. The van der Waals surface area contributed by atoms with E-state index >= 15 is 0 Å². The molecule has 0 unspecified atom stereocenters. The van der Waals surface area contributed by atoms with Crippen LogP contribution in [0.4, 0.5) is 35.1 Å². The monoisotopic (exact) mass is 432 g/mol. The van der Waals surface area contributed by atoms with E-state index in [4.69, 9.17) is 0 Å². The SMILES string of the molecule is Cc1cc(S(=O)(=O)Cc2ccc(C(F)(C(F)(F)F)C(F)(F)F)cc2)ccc1F. The lowest BCUT2D eigenvalue weighted by molar-refractivity contribution is -0.348. The highest BCUT2D eigenvalue weighted by Crippen LogP contribution is 2.53. The second-order valence-corrected chi connectivity index (χ2v) is 8.01. The van der Waals surface area contributed by atoms with Crippen molar-refractivity contribution in [2.24, 2.45) is 0 Å². The van der Waals surface area contributed by atoms with E-state index in [2.05, 4.69) is 0 Å². The molecule has 0 spiro atoms. The minimum Gasteiger partial charge on any atom is -0.223 e. The summed E-state index contributed by atoms with van der Waals surface area (Å²) >= 11 is 0. The van der Waals surface area contributed by atoms with Crippen LogP contribution in [0.2, 0.25) is 0 Å². The number of sulfone groups is 1. The van der Waals surface area contributed by atoms with Crippen LogP contribution in [0.5, 0.6) is 0 Å². The lowest BCUT2D eigenvalue weighted by Gasteiger charge is -2.30. The third-order valence-corrected chi connectivity index (χ3v) is 5.66. The van der Waals surface area contributed by atoms with Crippen molar-refractivity contribution in [3.8, 4) is 0 Å². The first kappa shape index (κ1) is 22.1. The van der Waals surface area contributed by atoms with Crippen LogP contribution in [0.25, 0.3) is 0 Å². The molecule has 0 aliphatic carbocycles. The van der Waals surface area contributed by atoms with Crippen LogP contribution < -0.4 is 0 Å². The molecule has 0 saturated carbocycles. The van der Waals surface area contributed by atoms with E-state index in [0.717, 1.165) is 18.2 Å². The summed E-state index contributed by atoms with van der Waals surface area (Å²) in [5.41, 5.74) is -7.44. The van der Waals surface area contributed by atoms with Crippen LogP contribution in [0.1, 0.15) is 16.7 Å². The van der Waals surface area contributed by atoms with Crippen LogP contribution in [0, 0.1) is 12.7 Å². The van der Waals surface area contributed by atoms with Crippen molar-refractivity contribution in [1.29, 1.82) is 0 Å². The van der Waals surface area contributed by atoms with Gasteiger partial charge in [0.05, 0.1) is 10.6 Å². The predicted octanol–water partition coefficient (Wildman–Crippen LogP) is 5.40. The Morgan fingerprint density at radius 3 is 1.75 bits per heavy atom. The van der Waals surface area contributed by atoms with Crippen molar-refractivity contribution >= 4 is 9.84 Å². The number of benzene rings is 2. The van der Waals surface area contributed by atoms with Gasteiger partial charge in [-0.25, -0.2) is 17.2 Å². The average molecular weight is 432 g/mol. The molecule has 0 radical (unpaired) electrons. The molecule has 0 aromatic heterocycles. The van der Waals surface area contributed by atoms with E-state index in [1.165, 1.54) is 6.92 Å². The fraction of sp³-hybridized carbons (Fsp3) is 0.294. The topological polar surface area (TPSA) is 34.1 Å². The third-order valence-electron chi connectivity index (χ3n) is 3.98. The molecule has 154 valence electrons. The van der Waals surface area contributed by atoms with E-state index in [1.807, 2.05) is 0 Å². The van der Waals surface area contributed by atoms with E-state index in [-0.39, 0.29) is 28.2 Å². The fourth-order valence-electron chi connectivity index (χ4n) is 2.43. The van der Waals surface area contributed by atoms with Crippen LogP contribution in [-0.4, -0.2) is 20.8 Å². The smallest absolute Gasteiger partial charge is 0.223 e. The number of aryl methyl sites for hydroxylation is 1. The molecule has 0 bridgehead atoms. The van der Waals surface area contributed by atoms with E-state index in [1.54, 1.807) is 0 Å². The van der Waals surface area contributed by atoms with Gasteiger partial charge in [0.1, 0.15) is 5.82 Å². The summed E-state index contributed by atoms with van der Waals surface area (Å²) < 4.78 is 128. The van der Waals surface area contributed by atoms with Gasteiger partial charge < -0.3 is 0 Å². The van der Waals surface area contributed by atoms with Gasteiger partial charge in [0.25, 0.3) is 0 Å². The number of rotatable bonds is 4. The number of hydrogen-bond donors (Lipinski definition) is 0. The Bertz CT molecular complexity index is 946. The quantitative estimate of drug-likeness (QED) is 0.479. The average Bonchev–Trinajstić information content (AvgIpc) is 2.54. The van der Waals surface area contributed by atoms with Crippen molar-refractivity contribution in [1.82, 2.24) is 0 Å². The Labute approximate surface area is 154 Å². The molecule has 0 saturated heterocycles. The lowest BCUT2D eigenvalue weighted by atomic mass is 9.93. The molecule has 0 aliphatic rings. The predicted molar refractivity (Wildman–Crippen MR) is 83.4 cm³/mol. The second-order valence-electron chi connectivity index (χ2n) is 6.02. The van der Waals surface area contributed by atoms with Gasteiger partial charge in [-0.1, -0.05) is 24.3 Å². The summed E-state index contributed by atoms with van der Waals surface area (Å²) in [6.07, 6.45) is -12.5. The number of alkyl halides is 7. The first-order chi connectivity index (χ1) is 12.6. The summed E-state index contributed by atoms with van der Waals surface area (Å²) in [5.74, 6) is -1.43. The standard InChI is InChI=1S/C17H12F8O2S/c1-10-8-13(6-7-14(10)18)28(26,27)9-11-2-4-12(5-3-11)15(19,16(20,21)22)17(23,24)25/h2-8H,9H2,1H3. The molecule has 0 heterocycles. The van der Waals surface area contributed by atoms with Crippen molar-refractivity contribution < 1.29 is 43.5 Å². The Morgan fingerprint density at radius 1 is 0.821 bits per heavy atom. The van der Waals surface area contributed by atoms with Crippen molar-refractivity contribution in [2.45, 2.75) is 35.6 Å². The summed E-state index contributed by atoms with van der Waals surface area (Å²) in [6, 6.07) is 4.73. The van der Waals surface area contributed by atoms with Crippen LogP contribution in [0.3, 0.4) is 0 Å². The molecule has 2 rings (SSSR count). The Hall–Kier alpha value is -2.17. The first-order valence-corrected chi connectivity index (χ1v) is 9.15. The van der Waals surface area contributed by atoms with Crippen LogP contribution in [-0.2, 0) is 21.3 Å². The molecule has 0 atom stereocenters. The van der Waals surface area contributed by atoms with Gasteiger partial charge in [-0.3, -0.25) is 0 Å². The molecular weight excluding hydrogens is 420 g/mol. The molecule has 28 heavy (non-hydrogen) atoms. The normalized spacial score (nSPS) is 13.6. The second kappa shape index (κ2) is 7.02. The number of halogens is 8. The zero-order valence-corrected chi connectivity index (χ0v) is 14.8. The zero-order valence-electron chi connectivity index (χ0n) is 14.0. The molecular formula is C17H12F8O2S. The summed E-state index contributed by atoms with van der Waals surface area (Å²) in [7, 11) is -4.06. The Morgan fingerprint density at radius 2 is 1.32 bits per heavy atom. The highest BCUT2D eigenvalue weighted by atomic mass is 32.2. The maximum absolute atomic E-state index is 14.0. The van der Waals surface area contributed by atoms with Gasteiger partial charge in [-0.2, -0.15) is 26.3 Å². The van der Waals surface area contributed by atoms with E-state index in [0.29, 0.717) is 12.1 Å². The molecule has 2 aromatic rings. The van der Waals surface area contributed by atoms with Crippen molar-refractivity contribution in [2.75, 3.05) is 0 Å². The van der Waals surface area contributed by atoms with Gasteiger partial charge in [0, 0.05) is 5.56 Å². The molecule has 0 aliphatic heterocycles. The summed E-state index contributed by atoms with van der Waals surface area (Å²) in [6.45, 7) is 1.32. The zero-order chi connectivity index (χ0) is 21.5. The lowest BCUT2D eigenvalue weighted by Crippen LogP contribution is -2.50. The van der Waals surface area contributed by atoms with Crippen LogP contribution >= 0.6 is 0 Å². The fourth-order valence-corrected chi connectivity index (χ4v) is 3.86. The molecule has 0 amide bonds. The minimum atomic E-state index is -6.26. The Balaban J connectivity index is 2.38. The molecule has 2 aromatic carbocycles. The molecule has 11 heteroatoms. The summed E-state index contributed by atoms with van der Waals surface area (Å²) in [4.78, 5) is -0.277. The van der Waals surface area contributed by atoms with E-state index in [9.17, 15) is 43.5 Å². The molecule has 2 nitrogen and oxygen atoms in total. The molecule has 0 N–H and O–H groups in total. The number of hydrogen-bond acceptors (Lipinski definition) is 2. The van der Waals surface area contributed by atoms with Gasteiger partial charge in [0.15, 0.2) is 9.84 Å². The first-order valence-electron chi connectivity index (χ1n) is 7.50. The largest absolute Gasteiger partial charge is 0.435 e. The highest BCUT2D eigenvalue weighted by molar-refractivity contribution is 7.90. The Kier molecular flexibility index (Phi) is 5.54.